The van der Waals surface area contributed by atoms with Gasteiger partial charge in [0.2, 0.25) is 5.95 Å². The lowest BCUT2D eigenvalue weighted by molar-refractivity contribution is -0.894. The standard InChI is InChI=1S/C31H33F3N6O3/c1-19-26(28(41)43-4)27(25-12-11-21(17-35)15-22(25)13-14-40(2,3)18-20-7-5-8-20)39-29(36-37-30(39)42)38(19)24-10-6-9-23(16-24)31(32,33)34/h6,9-12,15-16,20,27H,5,7-8,13-14,18H2,1-4H3/p+1. The number of carbonyl (C=O) groups is 1. The van der Waals surface area contributed by atoms with E-state index >= 15 is 0 Å². The zero-order valence-electron chi connectivity index (χ0n) is 24.5. The topological polar surface area (TPSA) is 104 Å². The number of hydrogen-bond acceptors (Lipinski definition) is 6. The molecule has 1 N–H and O–H groups in total. The van der Waals surface area contributed by atoms with Crippen LogP contribution in [0, 0.1) is 17.2 Å². The van der Waals surface area contributed by atoms with E-state index in [1.54, 1.807) is 25.1 Å². The number of alkyl halides is 3. The van der Waals surface area contributed by atoms with Gasteiger partial charge in [0.1, 0.15) is 6.04 Å². The van der Waals surface area contributed by atoms with Gasteiger partial charge in [0, 0.05) is 23.7 Å². The summed E-state index contributed by atoms with van der Waals surface area (Å²) in [5, 5.41) is 16.3. The number of likely N-dealkylation sites (N-methyl/N-ethyl adjacent to an activating group) is 1. The van der Waals surface area contributed by atoms with Crippen LogP contribution in [0.5, 0.6) is 0 Å². The molecule has 1 unspecified atom stereocenters. The maximum Gasteiger partial charge on any atom is 0.416 e. The van der Waals surface area contributed by atoms with Gasteiger partial charge in [-0.2, -0.15) is 18.4 Å². The third-order valence-corrected chi connectivity index (χ3v) is 8.51. The molecule has 5 rings (SSSR count). The monoisotopic (exact) mass is 595 g/mol. The number of nitrogens with one attached hydrogen (secondary N) is 1. The average Bonchev–Trinajstić information content (AvgIpc) is 3.33. The molecule has 43 heavy (non-hydrogen) atoms. The number of nitrogens with zero attached hydrogens (tertiary/aromatic N) is 5. The van der Waals surface area contributed by atoms with Crippen molar-refractivity contribution in [2.45, 2.75) is 44.8 Å². The molecule has 2 aromatic carbocycles. The number of hydrogen-bond donors (Lipinski definition) is 1. The van der Waals surface area contributed by atoms with Crippen molar-refractivity contribution < 1.29 is 27.2 Å². The lowest BCUT2D eigenvalue weighted by Crippen LogP contribution is -2.46. The Morgan fingerprint density at radius 1 is 1.21 bits per heavy atom. The molecule has 1 aliphatic heterocycles. The number of halogens is 3. The van der Waals surface area contributed by atoms with Crippen molar-refractivity contribution in [2.75, 3.05) is 39.2 Å². The molecule has 2 aliphatic rings. The fourth-order valence-corrected chi connectivity index (χ4v) is 6.13. The molecule has 3 aromatic rings. The Morgan fingerprint density at radius 2 is 1.95 bits per heavy atom. The van der Waals surface area contributed by atoms with Crippen LogP contribution >= 0.6 is 0 Å². The number of ether oxygens (including phenoxy) is 1. The minimum atomic E-state index is -4.61. The Balaban J connectivity index is 1.66. The Labute approximate surface area is 247 Å². The lowest BCUT2D eigenvalue weighted by atomic mass is 9.84. The van der Waals surface area contributed by atoms with E-state index in [9.17, 15) is 28.0 Å². The van der Waals surface area contributed by atoms with E-state index in [0.29, 0.717) is 23.5 Å². The number of fused-ring (bicyclic) bond motifs is 1. The second-order valence-electron chi connectivity index (χ2n) is 11.9. The van der Waals surface area contributed by atoms with Gasteiger partial charge >= 0.3 is 17.8 Å². The van der Waals surface area contributed by atoms with Crippen LogP contribution in [0.4, 0.5) is 24.8 Å². The molecule has 0 bridgehead atoms. The summed E-state index contributed by atoms with van der Waals surface area (Å²) in [7, 11) is 5.55. The predicted octanol–water partition coefficient (Wildman–Crippen LogP) is 5.07. The van der Waals surface area contributed by atoms with Crippen molar-refractivity contribution in [1.82, 2.24) is 14.8 Å². The maximum atomic E-state index is 13.6. The van der Waals surface area contributed by atoms with Crippen LogP contribution < -0.4 is 10.6 Å². The van der Waals surface area contributed by atoms with Crippen LogP contribution in [0.1, 0.15) is 54.5 Å². The minimum absolute atomic E-state index is 0.0240. The smallest absolute Gasteiger partial charge is 0.416 e. The molecule has 1 atom stereocenters. The Kier molecular flexibility index (Phi) is 7.96. The quantitative estimate of drug-likeness (QED) is 0.288. The summed E-state index contributed by atoms with van der Waals surface area (Å²) >= 11 is 0. The number of methoxy groups -OCH3 is 1. The molecule has 1 saturated carbocycles. The van der Waals surface area contributed by atoms with Gasteiger partial charge in [0.05, 0.1) is 57.1 Å². The van der Waals surface area contributed by atoms with Crippen molar-refractivity contribution in [3.63, 3.8) is 0 Å². The molecular weight excluding hydrogens is 561 g/mol. The molecule has 1 fully saturated rings. The summed E-state index contributed by atoms with van der Waals surface area (Å²) in [6, 6.07) is 10.9. The number of anilines is 2. The number of esters is 1. The third kappa shape index (κ3) is 5.82. The summed E-state index contributed by atoms with van der Waals surface area (Å²) in [4.78, 5) is 28.1. The van der Waals surface area contributed by atoms with Crippen LogP contribution in [0.25, 0.3) is 0 Å². The maximum absolute atomic E-state index is 13.6. The normalized spacial score (nSPS) is 17.3. The third-order valence-electron chi connectivity index (χ3n) is 8.51. The SMILES string of the molecule is COC(=O)C1=C(C)N(c2cccc(C(F)(F)F)c2)c2n[nH]c(=O)n2C1c1ccc(C#N)cc1CC[N+](C)(C)CC1CCC1. The minimum Gasteiger partial charge on any atom is -0.466 e. The first-order chi connectivity index (χ1) is 20.3. The van der Waals surface area contributed by atoms with Crippen LogP contribution in [-0.4, -0.2) is 59.5 Å². The van der Waals surface area contributed by atoms with E-state index in [4.69, 9.17) is 4.74 Å². The second-order valence-corrected chi connectivity index (χ2v) is 11.9. The van der Waals surface area contributed by atoms with Gasteiger partial charge in [0.25, 0.3) is 0 Å². The number of quaternary nitrogens is 1. The Hall–Kier alpha value is -4.37. The van der Waals surface area contributed by atoms with Crippen molar-refractivity contribution in [3.8, 4) is 6.07 Å². The molecule has 226 valence electrons. The van der Waals surface area contributed by atoms with E-state index < -0.39 is 29.4 Å². The number of aromatic amines is 1. The van der Waals surface area contributed by atoms with Gasteiger partial charge in [0.15, 0.2) is 0 Å². The van der Waals surface area contributed by atoms with Crippen molar-refractivity contribution in [1.29, 1.82) is 5.26 Å². The highest BCUT2D eigenvalue weighted by Gasteiger charge is 2.41. The van der Waals surface area contributed by atoms with Crippen molar-refractivity contribution >= 4 is 17.6 Å². The summed E-state index contributed by atoms with van der Waals surface area (Å²) in [5.41, 5.74) is 0.694. The molecule has 1 aliphatic carbocycles. The first-order valence-corrected chi connectivity index (χ1v) is 14.1. The molecule has 1 aromatic heterocycles. The lowest BCUT2D eigenvalue weighted by Gasteiger charge is -2.38. The fraction of sp³-hybridized carbons (Fsp3) is 0.419. The molecule has 0 saturated heterocycles. The molecule has 2 heterocycles. The van der Waals surface area contributed by atoms with Gasteiger partial charge in [-0.25, -0.2) is 19.3 Å². The van der Waals surface area contributed by atoms with Gasteiger partial charge < -0.3 is 9.22 Å². The Bertz CT molecular complexity index is 1680. The van der Waals surface area contributed by atoms with E-state index in [0.717, 1.165) is 35.3 Å². The number of benzene rings is 2. The summed E-state index contributed by atoms with van der Waals surface area (Å²) < 4.78 is 48.1. The number of carbonyl (C=O) groups excluding carboxylic acids is 1. The number of aromatic nitrogens is 3. The van der Waals surface area contributed by atoms with Crippen molar-refractivity contribution in [3.05, 3.63) is 86.5 Å². The van der Waals surface area contributed by atoms with Crippen LogP contribution in [0.15, 0.2) is 58.5 Å². The summed E-state index contributed by atoms with van der Waals surface area (Å²) in [6.07, 6.45) is -0.347. The molecule has 12 heteroatoms. The zero-order chi connectivity index (χ0) is 31.1. The highest BCUT2D eigenvalue weighted by molar-refractivity contribution is 5.93. The van der Waals surface area contributed by atoms with Crippen LogP contribution in [0.2, 0.25) is 0 Å². The number of H-pyrrole nitrogens is 1. The predicted molar refractivity (Wildman–Crippen MR) is 153 cm³/mol. The Morgan fingerprint density at radius 3 is 2.58 bits per heavy atom. The van der Waals surface area contributed by atoms with Crippen molar-refractivity contribution in [2.24, 2.45) is 5.92 Å². The first-order valence-electron chi connectivity index (χ1n) is 14.1. The molecule has 9 nitrogen and oxygen atoms in total. The summed E-state index contributed by atoms with van der Waals surface area (Å²) in [5.74, 6) is -0.0332. The average molecular weight is 596 g/mol. The summed E-state index contributed by atoms with van der Waals surface area (Å²) in [6.45, 7) is 3.37. The number of allylic oxidation sites excluding steroid dienone is 1. The number of rotatable bonds is 8. The van der Waals surface area contributed by atoms with Gasteiger partial charge in [-0.15, -0.1) is 5.10 Å². The highest BCUT2D eigenvalue weighted by Crippen LogP contribution is 2.43. The van der Waals surface area contributed by atoms with Crippen LogP contribution in [-0.2, 0) is 22.1 Å². The zero-order valence-corrected chi connectivity index (χ0v) is 24.5. The number of nitriles is 1. The van der Waals surface area contributed by atoms with E-state index in [1.807, 2.05) is 0 Å². The van der Waals surface area contributed by atoms with E-state index in [2.05, 4.69) is 30.4 Å². The molecular formula is C31H34F3N6O3+. The molecule has 0 amide bonds. The van der Waals surface area contributed by atoms with Crippen LogP contribution in [0.3, 0.4) is 0 Å². The largest absolute Gasteiger partial charge is 0.466 e. The second kappa shape index (κ2) is 11.4. The van der Waals surface area contributed by atoms with Gasteiger partial charge in [-0.05, 0) is 61.2 Å². The fourth-order valence-electron chi connectivity index (χ4n) is 6.13. The van der Waals surface area contributed by atoms with Gasteiger partial charge in [-0.3, -0.25) is 4.90 Å². The van der Waals surface area contributed by atoms with E-state index in [-0.39, 0.29) is 22.9 Å². The molecule has 0 spiro atoms. The van der Waals surface area contributed by atoms with Gasteiger partial charge in [-0.1, -0.05) is 18.6 Å². The molecule has 0 radical (unpaired) electrons. The highest BCUT2D eigenvalue weighted by atomic mass is 19.4. The van der Waals surface area contributed by atoms with E-state index in [1.165, 1.54) is 48.0 Å². The first kappa shape index (κ1) is 30.1.